The van der Waals surface area contributed by atoms with Gasteiger partial charge in [0.2, 0.25) is 5.91 Å². The van der Waals surface area contributed by atoms with Crippen LogP contribution in [0.25, 0.3) is 0 Å². The van der Waals surface area contributed by atoms with Crippen molar-refractivity contribution in [3.05, 3.63) is 64.7 Å². The summed E-state index contributed by atoms with van der Waals surface area (Å²) < 4.78 is 0. The number of hydrogen-bond donors (Lipinski definition) is 1. The van der Waals surface area contributed by atoms with Crippen molar-refractivity contribution in [2.24, 2.45) is 4.99 Å². The van der Waals surface area contributed by atoms with Gasteiger partial charge in [-0.1, -0.05) is 36.4 Å². The summed E-state index contributed by atoms with van der Waals surface area (Å²) in [7, 11) is 1.86. The number of aryl methyl sites for hydroxylation is 1. The van der Waals surface area contributed by atoms with Gasteiger partial charge in [0.15, 0.2) is 5.96 Å². The van der Waals surface area contributed by atoms with Gasteiger partial charge >= 0.3 is 0 Å². The molecule has 2 aromatic rings. The molecule has 2 fully saturated rings. The zero-order valence-electron chi connectivity index (χ0n) is 19.6. The van der Waals surface area contributed by atoms with E-state index >= 15 is 0 Å². The maximum absolute atomic E-state index is 11.8. The van der Waals surface area contributed by atoms with Gasteiger partial charge in [-0.3, -0.25) is 9.79 Å². The number of piperazine rings is 1. The Bertz CT molecular complexity index is 961. The summed E-state index contributed by atoms with van der Waals surface area (Å²) >= 11 is 0. The molecule has 32 heavy (non-hydrogen) atoms. The Morgan fingerprint density at radius 3 is 2.34 bits per heavy atom. The van der Waals surface area contributed by atoms with Crippen LogP contribution in [0.5, 0.6) is 0 Å². The molecule has 0 radical (unpaired) electrons. The van der Waals surface area contributed by atoms with Gasteiger partial charge in [0.05, 0.1) is 0 Å². The van der Waals surface area contributed by atoms with Gasteiger partial charge in [-0.05, 0) is 48.6 Å². The second-order valence-corrected chi connectivity index (χ2v) is 8.83. The van der Waals surface area contributed by atoms with Crippen molar-refractivity contribution >= 4 is 17.6 Å². The molecule has 0 spiro atoms. The van der Waals surface area contributed by atoms with Gasteiger partial charge in [0.25, 0.3) is 0 Å². The fraction of sp³-hybridized carbons (Fsp3) is 0.462. The first kappa shape index (κ1) is 22.2. The summed E-state index contributed by atoms with van der Waals surface area (Å²) in [6, 6.07) is 15.1. The lowest BCUT2D eigenvalue weighted by atomic mass is 10.1. The summed E-state index contributed by atoms with van der Waals surface area (Å²) in [6.07, 6.45) is 1.68. The third-order valence-corrected chi connectivity index (χ3v) is 6.73. The van der Waals surface area contributed by atoms with Crippen LogP contribution < -0.4 is 10.2 Å². The van der Waals surface area contributed by atoms with Crippen LogP contribution in [0.3, 0.4) is 0 Å². The Morgan fingerprint density at radius 2 is 1.69 bits per heavy atom. The van der Waals surface area contributed by atoms with E-state index in [-0.39, 0.29) is 5.91 Å². The van der Waals surface area contributed by atoms with Crippen LogP contribution in [-0.2, 0) is 17.9 Å². The first-order valence-electron chi connectivity index (χ1n) is 11.7. The lowest BCUT2D eigenvalue weighted by Gasteiger charge is -2.38. The van der Waals surface area contributed by atoms with Crippen LogP contribution in [0.2, 0.25) is 0 Å². The number of hydrogen-bond acceptors (Lipinski definition) is 3. The predicted octanol–water partition coefficient (Wildman–Crippen LogP) is 3.32. The number of aliphatic imine (C=N–C) groups is 1. The summed E-state index contributed by atoms with van der Waals surface area (Å²) in [4.78, 5) is 23.1. The zero-order chi connectivity index (χ0) is 22.5. The molecule has 170 valence electrons. The van der Waals surface area contributed by atoms with E-state index < -0.39 is 0 Å². The van der Waals surface area contributed by atoms with Crippen LogP contribution in [0.1, 0.15) is 35.1 Å². The number of nitrogens with zero attached hydrogens (tertiary/aromatic N) is 4. The molecule has 0 saturated carbocycles. The lowest BCUT2D eigenvalue weighted by Crippen LogP contribution is -2.52. The second-order valence-electron chi connectivity index (χ2n) is 8.83. The molecule has 1 amide bonds. The summed E-state index contributed by atoms with van der Waals surface area (Å²) in [5.74, 6) is 1.23. The van der Waals surface area contributed by atoms with Gasteiger partial charge < -0.3 is 20.0 Å². The van der Waals surface area contributed by atoms with Crippen molar-refractivity contribution in [1.82, 2.24) is 15.1 Å². The molecule has 0 unspecified atom stereocenters. The number of nitrogens with one attached hydrogen (secondary N) is 1. The minimum atomic E-state index is 0.275. The number of anilines is 1. The highest BCUT2D eigenvalue weighted by molar-refractivity contribution is 5.80. The van der Waals surface area contributed by atoms with E-state index in [4.69, 9.17) is 0 Å². The van der Waals surface area contributed by atoms with Crippen LogP contribution in [0.4, 0.5) is 5.69 Å². The molecular weight excluding hydrogens is 398 g/mol. The second kappa shape index (κ2) is 10.1. The molecule has 0 aromatic heterocycles. The average Bonchev–Trinajstić information content (AvgIpc) is 3.22. The van der Waals surface area contributed by atoms with Crippen LogP contribution in [0.15, 0.2) is 47.5 Å². The van der Waals surface area contributed by atoms with Gasteiger partial charge in [-0.2, -0.15) is 0 Å². The average molecular weight is 434 g/mol. The van der Waals surface area contributed by atoms with Crippen molar-refractivity contribution in [3.63, 3.8) is 0 Å². The Hall–Kier alpha value is -3.02. The number of rotatable bonds is 5. The Labute approximate surface area is 191 Å². The molecular formula is C26H35N5O. The molecule has 6 heteroatoms. The van der Waals surface area contributed by atoms with E-state index in [1.54, 1.807) is 0 Å². The minimum absolute atomic E-state index is 0.275. The van der Waals surface area contributed by atoms with Crippen molar-refractivity contribution < 1.29 is 4.79 Å². The number of benzene rings is 2. The SMILES string of the molecule is CN=C(NCc1ccc(CN2CCCC2=O)cc1)N1CCN(c2cccc(C)c2C)CC1. The number of guanidine groups is 1. The smallest absolute Gasteiger partial charge is 0.222 e. The third-order valence-electron chi connectivity index (χ3n) is 6.73. The van der Waals surface area contributed by atoms with Gasteiger partial charge in [0.1, 0.15) is 0 Å². The molecule has 2 aliphatic rings. The Kier molecular flexibility index (Phi) is 6.98. The highest BCUT2D eigenvalue weighted by Crippen LogP contribution is 2.24. The van der Waals surface area contributed by atoms with Crippen LogP contribution in [-0.4, -0.2) is 61.4 Å². The molecule has 6 nitrogen and oxygen atoms in total. The van der Waals surface area contributed by atoms with E-state index in [0.717, 1.165) is 58.2 Å². The van der Waals surface area contributed by atoms with E-state index in [1.807, 2.05) is 11.9 Å². The molecule has 0 atom stereocenters. The molecule has 0 bridgehead atoms. The van der Waals surface area contributed by atoms with Crippen molar-refractivity contribution in [1.29, 1.82) is 0 Å². The fourth-order valence-corrected chi connectivity index (χ4v) is 4.60. The van der Waals surface area contributed by atoms with E-state index in [2.05, 4.69) is 76.4 Å². The van der Waals surface area contributed by atoms with Crippen molar-refractivity contribution in [2.75, 3.05) is 44.7 Å². The number of amides is 1. The van der Waals surface area contributed by atoms with Gasteiger partial charge in [0, 0.05) is 65.0 Å². The molecule has 2 saturated heterocycles. The summed E-state index contributed by atoms with van der Waals surface area (Å²) in [5.41, 5.74) is 6.48. The summed E-state index contributed by atoms with van der Waals surface area (Å²) in [6.45, 7) is 10.6. The predicted molar refractivity (Wildman–Crippen MR) is 131 cm³/mol. The van der Waals surface area contributed by atoms with Gasteiger partial charge in [-0.25, -0.2) is 0 Å². The lowest BCUT2D eigenvalue weighted by molar-refractivity contribution is -0.128. The van der Waals surface area contributed by atoms with E-state index in [9.17, 15) is 4.79 Å². The van der Waals surface area contributed by atoms with E-state index in [1.165, 1.54) is 27.9 Å². The monoisotopic (exact) mass is 433 g/mol. The third kappa shape index (κ3) is 5.06. The molecule has 0 aliphatic carbocycles. The van der Waals surface area contributed by atoms with E-state index in [0.29, 0.717) is 6.42 Å². The first-order chi connectivity index (χ1) is 15.5. The fourth-order valence-electron chi connectivity index (χ4n) is 4.60. The number of likely N-dealkylation sites (tertiary alicyclic amines) is 1. The molecule has 2 aliphatic heterocycles. The quantitative estimate of drug-likeness (QED) is 0.581. The molecule has 4 rings (SSSR count). The molecule has 2 aromatic carbocycles. The normalized spacial score (nSPS) is 17.3. The first-order valence-corrected chi connectivity index (χ1v) is 11.7. The van der Waals surface area contributed by atoms with Crippen molar-refractivity contribution in [2.45, 2.75) is 39.8 Å². The largest absolute Gasteiger partial charge is 0.368 e. The Morgan fingerprint density at radius 1 is 0.969 bits per heavy atom. The minimum Gasteiger partial charge on any atom is -0.368 e. The zero-order valence-corrected chi connectivity index (χ0v) is 19.6. The Balaban J connectivity index is 1.28. The number of carbonyl (C=O) groups excluding carboxylic acids is 1. The molecule has 2 heterocycles. The highest BCUT2D eigenvalue weighted by atomic mass is 16.2. The van der Waals surface area contributed by atoms with Crippen molar-refractivity contribution in [3.8, 4) is 0 Å². The summed E-state index contributed by atoms with van der Waals surface area (Å²) in [5, 5.41) is 3.52. The van der Waals surface area contributed by atoms with Crippen LogP contribution in [0, 0.1) is 13.8 Å². The van der Waals surface area contributed by atoms with Gasteiger partial charge in [-0.15, -0.1) is 0 Å². The number of carbonyl (C=O) groups is 1. The topological polar surface area (TPSA) is 51.2 Å². The standard InChI is InChI=1S/C26H35N5O/c1-20-6-4-7-24(21(20)2)29-14-16-30(17-15-29)26(27-3)28-18-22-9-11-23(12-10-22)19-31-13-5-8-25(31)32/h4,6-7,9-12H,5,8,13-19H2,1-3H3,(H,27,28). The van der Waals surface area contributed by atoms with Crippen LogP contribution >= 0.6 is 0 Å². The maximum atomic E-state index is 11.8. The maximum Gasteiger partial charge on any atom is 0.222 e. The molecule has 1 N–H and O–H groups in total. The highest BCUT2D eigenvalue weighted by Gasteiger charge is 2.21.